The lowest BCUT2D eigenvalue weighted by molar-refractivity contribution is -0.691. The Morgan fingerprint density at radius 1 is 1.50 bits per heavy atom. The first kappa shape index (κ1) is 7.28. The van der Waals surface area contributed by atoms with E-state index in [4.69, 9.17) is 0 Å². The average molecular weight is 162 g/mol. The Hall–Kier alpha value is -1.38. The molecule has 0 unspecified atom stereocenters. The fourth-order valence-corrected chi connectivity index (χ4v) is 1.38. The predicted molar refractivity (Wildman–Crippen MR) is 46.7 cm³/mol. The van der Waals surface area contributed by atoms with E-state index in [2.05, 4.69) is 34.8 Å². The van der Waals surface area contributed by atoms with Crippen molar-refractivity contribution in [2.45, 2.75) is 19.9 Å². The molecule has 3 heteroatoms. The van der Waals surface area contributed by atoms with Crippen LogP contribution in [0, 0.1) is 0 Å². The maximum absolute atomic E-state index is 4.00. The lowest BCUT2D eigenvalue weighted by Crippen LogP contribution is -2.35. The van der Waals surface area contributed by atoms with Crippen LogP contribution in [0.4, 0.5) is 0 Å². The molecule has 2 heterocycles. The smallest absolute Gasteiger partial charge is 0.250 e. The van der Waals surface area contributed by atoms with Gasteiger partial charge in [0.05, 0.1) is 0 Å². The number of hydrogen-bond donors (Lipinski definition) is 1. The highest BCUT2D eigenvalue weighted by Crippen LogP contribution is 2.05. The van der Waals surface area contributed by atoms with E-state index >= 15 is 0 Å². The molecule has 0 radical (unpaired) electrons. The maximum Gasteiger partial charge on any atom is 0.250 e. The Morgan fingerprint density at radius 3 is 3.08 bits per heavy atom. The molecule has 2 aromatic heterocycles. The number of nitrogens with one attached hydrogen (secondary N) is 1. The largest absolute Gasteiger partial charge is 0.272 e. The summed E-state index contributed by atoms with van der Waals surface area (Å²) in [6.45, 7) is 4.32. The third-order valence-corrected chi connectivity index (χ3v) is 1.99. The summed E-state index contributed by atoms with van der Waals surface area (Å²) in [5, 5.41) is 6.94. The molecule has 0 saturated heterocycles. The van der Waals surface area contributed by atoms with Gasteiger partial charge in [0.1, 0.15) is 11.7 Å². The first-order chi connectivity index (χ1) is 5.79. The van der Waals surface area contributed by atoms with Crippen LogP contribution in [0.25, 0.3) is 11.0 Å². The summed E-state index contributed by atoms with van der Waals surface area (Å²) in [4.78, 5) is 0. The number of aromatic amines is 1. The summed E-state index contributed by atoms with van der Waals surface area (Å²) in [6.07, 6.45) is 3.93. The van der Waals surface area contributed by atoms with Crippen LogP contribution in [0.15, 0.2) is 24.5 Å². The molecular weight excluding hydrogens is 150 g/mol. The van der Waals surface area contributed by atoms with Crippen molar-refractivity contribution in [3.63, 3.8) is 0 Å². The molecule has 0 aromatic carbocycles. The Balaban J connectivity index is 2.73. The number of aromatic nitrogens is 3. The number of fused-ring (bicyclic) bond motifs is 1. The average Bonchev–Trinajstić information content (AvgIpc) is 2.49. The van der Waals surface area contributed by atoms with Gasteiger partial charge in [0.15, 0.2) is 12.2 Å². The zero-order valence-electron chi connectivity index (χ0n) is 7.28. The molecule has 3 nitrogen and oxygen atoms in total. The van der Waals surface area contributed by atoms with Gasteiger partial charge in [-0.3, -0.25) is 5.10 Å². The maximum atomic E-state index is 4.00. The number of rotatable bonds is 1. The summed E-state index contributed by atoms with van der Waals surface area (Å²) in [7, 11) is 0. The van der Waals surface area contributed by atoms with Crippen molar-refractivity contribution < 1.29 is 4.57 Å². The van der Waals surface area contributed by atoms with Crippen molar-refractivity contribution in [2.24, 2.45) is 0 Å². The summed E-state index contributed by atoms with van der Waals surface area (Å²) < 4.78 is 2.19. The van der Waals surface area contributed by atoms with E-state index < -0.39 is 0 Å². The fraction of sp³-hybridized carbons (Fsp3) is 0.333. The standard InChI is InChI=1S/C9H11N3/c1-7(2)12-5-3-4-8-9(12)6-10-11-8/h3-7H,1-2H3/p+1. The first-order valence-electron chi connectivity index (χ1n) is 4.12. The highest BCUT2D eigenvalue weighted by molar-refractivity contribution is 5.68. The number of H-pyrrole nitrogens is 1. The minimum atomic E-state index is 0.478. The van der Waals surface area contributed by atoms with Crippen molar-refractivity contribution >= 4 is 11.0 Å². The van der Waals surface area contributed by atoms with Crippen LogP contribution < -0.4 is 4.57 Å². The quantitative estimate of drug-likeness (QED) is 0.632. The van der Waals surface area contributed by atoms with Crippen LogP contribution in [-0.4, -0.2) is 10.2 Å². The van der Waals surface area contributed by atoms with Crippen LogP contribution in [0.3, 0.4) is 0 Å². The van der Waals surface area contributed by atoms with Crippen molar-refractivity contribution in [1.29, 1.82) is 0 Å². The minimum absolute atomic E-state index is 0.478. The van der Waals surface area contributed by atoms with Gasteiger partial charge in [0.2, 0.25) is 0 Å². The van der Waals surface area contributed by atoms with Gasteiger partial charge in [-0.2, -0.15) is 9.67 Å². The van der Waals surface area contributed by atoms with Gasteiger partial charge in [-0.15, -0.1) is 0 Å². The Morgan fingerprint density at radius 2 is 2.33 bits per heavy atom. The second-order valence-electron chi connectivity index (χ2n) is 3.18. The normalized spacial score (nSPS) is 11.2. The molecular formula is C9H12N3+. The van der Waals surface area contributed by atoms with Gasteiger partial charge >= 0.3 is 0 Å². The topological polar surface area (TPSA) is 32.6 Å². The molecule has 0 fully saturated rings. The summed E-state index contributed by atoms with van der Waals surface area (Å²) in [5.41, 5.74) is 2.25. The lowest BCUT2D eigenvalue weighted by Gasteiger charge is -1.99. The second kappa shape index (κ2) is 2.59. The summed E-state index contributed by atoms with van der Waals surface area (Å²) >= 11 is 0. The molecule has 2 rings (SSSR count). The van der Waals surface area contributed by atoms with Gasteiger partial charge < -0.3 is 0 Å². The predicted octanol–water partition coefficient (Wildman–Crippen LogP) is 1.43. The van der Waals surface area contributed by atoms with Crippen molar-refractivity contribution in [3.8, 4) is 0 Å². The highest BCUT2D eigenvalue weighted by atomic mass is 15.1. The SMILES string of the molecule is CC(C)[n+]1cccc2[nH]ncc21. The number of nitrogens with zero attached hydrogens (tertiary/aromatic N) is 2. The summed E-state index contributed by atoms with van der Waals surface area (Å²) in [5.74, 6) is 0. The Bertz CT molecular complexity index is 389. The van der Waals surface area contributed by atoms with E-state index in [1.165, 1.54) is 0 Å². The Labute approximate surface area is 71.0 Å². The minimum Gasteiger partial charge on any atom is -0.272 e. The van der Waals surface area contributed by atoms with Crippen LogP contribution >= 0.6 is 0 Å². The van der Waals surface area contributed by atoms with Gasteiger partial charge in [-0.05, 0) is 19.9 Å². The second-order valence-corrected chi connectivity index (χ2v) is 3.18. The molecule has 2 aromatic rings. The van der Waals surface area contributed by atoms with Crippen molar-refractivity contribution in [3.05, 3.63) is 24.5 Å². The molecule has 0 saturated carbocycles. The van der Waals surface area contributed by atoms with Crippen LogP contribution in [-0.2, 0) is 0 Å². The molecule has 62 valence electrons. The molecule has 0 bridgehead atoms. The van der Waals surface area contributed by atoms with Gasteiger partial charge in [0.25, 0.3) is 5.52 Å². The van der Waals surface area contributed by atoms with Crippen molar-refractivity contribution in [2.75, 3.05) is 0 Å². The molecule has 0 aliphatic heterocycles. The van der Waals surface area contributed by atoms with Crippen molar-refractivity contribution in [1.82, 2.24) is 10.2 Å². The van der Waals surface area contributed by atoms with Gasteiger partial charge in [0, 0.05) is 6.07 Å². The molecule has 0 aliphatic rings. The molecule has 0 aliphatic carbocycles. The van der Waals surface area contributed by atoms with E-state index in [1.54, 1.807) is 0 Å². The van der Waals surface area contributed by atoms with E-state index in [0.717, 1.165) is 11.0 Å². The van der Waals surface area contributed by atoms with Crippen LogP contribution in [0.5, 0.6) is 0 Å². The van der Waals surface area contributed by atoms with E-state index in [1.807, 2.05) is 18.3 Å². The number of pyridine rings is 1. The molecule has 0 atom stereocenters. The van der Waals surface area contributed by atoms with Gasteiger partial charge in [-0.25, -0.2) is 0 Å². The molecule has 1 N–H and O–H groups in total. The van der Waals surface area contributed by atoms with Crippen LogP contribution in [0.2, 0.25) is 0 Å². The first-order valence-corrected chi connectivity index (χ1v) is 4.12. The molecule has 0 spiro atoms. The lowest BCUT2D eigenvalue weighted by atomic mass is 10.3. The molecule has 12 heavy (non-hydrogen) atoms. The third kappa shape index (κ3) is 0.978. The van der Waals surface area contributed by atoms with E-state index in [9.17, 15) is 0 Å². The monoisotopic (exact) mass is 162 g/mol. The number of hydrogen-bond acceptors (Lipinski definition) is 1. The van der Waals surface area contributed by atoms with Gasteiger partial charge in [-0.1, -0.05) is 0 Å². The van der Waals surface area contributed by atoms with E-state index in [0.29, 0.717) is 6.04 Å². The fourth-order valence-electron chi connectivity index (χ4n) is 1.38. The zero-order valence-corrected chi connectivity index (χ0v) is 7.28. The Kier molecular flexibility index (Phi) is 1.57. The zero-order chi connectivity index (χ0) is 8.55. The van der Waals surface area contributed by atoms with E-state index in [-0.39, 0.29) is 0 Å². The summed E-state index contributed by atoms with van der Waals surface area (Å²) in [6, 6.07) is 4.54. The third-order valence-electron chi connectivity index (χ3n) is 1.99. The highest BCUT2D eigenvalue weighted by Gasteiger charge is 2.12. The molecule has 0 amide bonds. The van der Waals surface area contributed by atoms with Crippen LogP contribution in [0.1, 0.15) is 19.9 Å².